The average molecular weight is 543 g/mol. The van der Waals surface area contributed by atoms with Gasteiger partial charge in [0.25, 0.3) is 0 Å². The lowest BCUT2D eigenvalue weighted by Gasteiger charge is -2.07. The summed E-state index contributed by atoms with van der Waals surface area (Å²) in [6, 6.07) is 11.6. The molecule has 9 nitrogen and oxygen atoms in total. The molecule has 4 aromatic rings. The summed E-state index contributed by atoms with van der Waals surface area (Å²) in [5, 5.41) is 5.78. The van der Waals surface area contributed by atoms with Crippen molar-refractivity contribution in [1.29, 1.82) is 0 Å². The van der Waals surface area contributed by atoms with Crippen LogP contribution in [0.1, 0.15) is 11.4 Å². The van der Waals surface area contributed by atoms with Gasteiger partial charge in [0.1, 0.15) is 10.0 Å². The number of nitrogens with zero attached hydrogens (tertiary/aromatic N) is 4. The Hall–Kier alpha value is -2.64. The topological polar surface area (TPSA) is 97.7 Å². The highest BCUT2D eigenvalue weighted by atomic mass is 32.1. The average Bonchev–Trinajstić information content (AvgIpc) is 3.62. The quantitative estimate of drug-likeness (QED) is 0.168. The van der Waals surface area contributed by atoms with Gasteiger partial charge in [-0.05, 0) is 24.3 Å². The Bertz CT molecular complexity index is 1050. The Morgan fingerprint density at radius 2 is 0.919 bits per heavy atom. The third-order valence-corrected chi connectivity index (χ3v) is 6.69. The van der Waals surface area contributed by atoms with Crippen LogP contribution in [0.2, 0.25) is 0 Å². The third-order valence-electron chi connectivity index (χ3n) is 4.86. The molecule has 37 heavy (non-hydrogen) atoms. The molecule has 0 atom stereocenters. The van der Waals surface area contributed by atoms with Gasteiger partial charge in [0.15, 0.2) is 0 Å². The number of rotatable bonds is 18. The second-order valence-corrected chi connectivity index (χ2v) is 9.38. The maximum Gasteiger partial charge on any atom is 0.142 e. The first-order valence-electron chi connectivity index (χ1n) is 12.0. The van der Waals surface area contributed by atoms with E-state index in [9.17, 15) is 0 Å². The first-order chi connectivity index (χ1) is 18.4. The highest BCUT2D eigenvalue weighted by molar-refractivity contribution is 7.13. The van der Waals surface area contributed by atoms with Crippen LogP contribution in [0.5, 0.6) is 0 Å². The minimum Gasteiger partial charge on any atom is -0.377 e. The van der Waals surface area contributed by atoms with E-state index in [1.165, 1.54) is 0 Å². The molecule has 4 aromatic heterocycles. The summed E-state index contributed by atoms with van der Waals surface area (Å²) in [6.07, 6.45) is 3.53. The number of hydrogen-bond acceptors (Lipinski definition) is 11. The molecular formula is C26H30N4O5S2. The molecule has 0 aliphatic heterocycles. The fraction of sp³-hybridized carbons (Fsp3) is 0.385. The van der Waals surface area contributed by atoms with Crippen molar-refractivity contribution in [3.8, 4) is 21.4 Å². The first kappa shape index (κ1) is 27.4. The second-order valence-electron chi connectivity index (χ2n) is 7.66. The van der Waals surface area contributed by atoms with Gasteiger partial charge in [-0.3, -0.25) is 9.97 Å². The van der Waals surface area contributed by atoms with Gasteiger partial charge in [-0.25, -0.2) is 9.97 Å². The van der Waals surface area contributed by atoms with Crippen LogP contribution in [0, 0.1) is 0 Å². The summed E-state index contributed by atoms with van der Waals surface area (Å²) in [4.78, 5) is 17.7. The molecule has 0 aliphatic carbocycles. The van der Waals surface area contributed by atoms with Gasteiger partial charge >= 0.3 is 0 Å². The molecule has 196 valence electrons. The minimum atomic E-state index is 0.459. The number of hydrogen-bond donors (Lipinski definition) is 0. The molecule has 0 aromatic carbocycles. The van der Waals surface area contributed by atoms with Crippen LogP contribution in [0.4, 0.5) is 0 Å². The monoisotopic (exact) mass is 542 g/mol. The summed E-state index contributed by atoms with van der Waals surface area (Å²) in [7, 11) is 0. The Labute approximate surface area is 224 Å². The minimum absolute atomic E-state index is 0.459. The van der Waals surface area contributed by atoms with Gasteiger partial charge < -0.3 is 23.7 Å². The lowest BCUT2D eigenvalue weighted by molar-refractivity contribution is -0.0141. The van der Waals surface area contributed by atoms with E-state index in [0.29, 0.717) is 66.1 Å². The molecule has 4 rings (SSSR count). The molecule has 0 saturated heterocycles. The SMILES string of the molecule is c1ccc(-c2nc(COCCOCCOCCOCCOCc3csc(-c4ccccn4)n3)cs2)nc1. The van der Waals surface area contributed by atoms with Crippen molar-refractivity contribution in [2.75, 3.05) is 52.9 Å². The molecule has 0 spiro atoms. The van der Waals surface area contributed by atoms with E-state index in [1.807, 2.05) is 47.2 Å². The molecule has 0 aliphatic rings. The highest BCUT2D eigenvalue weighted by Crippen LogP contribution is 2.22. The third kappa shape index (κ3) is 9.97. The van der Waals surface area contributed by atoms with E-state index >= 15 is 0 Å². The normalized spacial score (nSPS) is 11.2. The zero-order chi connectivity index (χ0) is 25.4. The van der Waals surface area contributed by atoms with Crippen molar-refractivity contribution in [3.05, 3.63) is 70.9 Å². The standard InChI is InChI=1S/C26H30N4O5S2/c1-3-7-27-23(5-1)25-29-21(19-36-25)17-34-15-13-32-11-9-31-10-12-33-14-16-35-18-22-20-37-26(30-22)24-6-2-4-8-28-24/h1-8,19-20H,9-18H2. The van der Waals surface area contributed by atoms with Crippen molar-refractivity contribution in [2.24, 2.45) is 0 Å². The lowest BCUT2D eigenvalue weighted by Crippen LogP contribution is -2.13. The predicted molar refractivity (Wildman–Crippen MR) is 142 cm³/mol. The fourth-order valence-electron chi connectivity index (χ4n) is 3.09. The number of thiazole rings is 2. The van der Waals surface area contributed by atoms with Gasteiger partial charge in [-0.2, -0.15) is 0 Å². The zero-order valence-corrected chi connectivity index (χ0v) is 22.1. The van der Waals surface area contributed by atoms with Crippen molar-refractivity contribution in [1.82, 2.24) is 19.9 Å². The van der Waals surface area contributed by atoms with Gasteiger partial charge in [0, 0.05) is 23.2 Å². The fourth-order valence-corrected chi connectivity index (χ4v) is 4.65. The van der Waals surface area contributed by atoms with E-state index in [1.54, 1.807) is 35.1 Å². The van der Waals surface area contributed by atoms with E-state index in [-0.39, 0.29) is 0 Å². The highest BCUT2D eigenvalue weighted by Gasteiger charge is 2.06. The number of pyridine rings is 2. The van der Waals surface area contributed by atoms with Crippen molar-refractivity contribution in [3.63, 3.8) is 0 Å². The number of ether oxygens (including phenoxy) is 5. The van der Waals surface area contributed by atoms with Crippen LogP contribution < -0.4 is 0 Å². The van der Waals surface area contributed by atoms with Crippen LogP contribution in [-0.4, -0.2) is 72.8 Å². The maximum atomic E-state index is 5.63. The molecular weight excluding hydrogens is 512 g/mol. The van der Waals surface area contributed by atoms with Crippen LogP contribution in [0.25, 0.3) is 21.4 Å². The first-order valence-corrected chi connectivity index (χ1v) is 13.7. The molecule has 0 fully saturated rings. The second kappa shape index (κ2) is 16.3. The van der Waals surface area contributed by atoms with E-state index in [0.717, 1.165) is 32.8 Å². The molecule has 0 N–H and O–H groups in total. The molecule has 0 radical (unpaired) electrons. The summed E-state index contributed by atoms with van der Waals surface area (Å²) in [5.74, 6) is 0. The van der Waals surface area contributed by atoms with Gasteiger partial charge in [0.05, 0.1) is 88.8 Å². The smallest absolute Gasteiger partial charge is 0.142 e. The van der Waals surface area contributed by atoms with Gasteiger partial charge in [-0.15, -0.1) is 22.7 Å². The molecule has 0 bridgehead atoms. The lowest BCUT2D eigenvalue weighted by atomic mass is 10.4. The summed E-state index contributed by atoms with van der Waals surface area (Å²) in [5.41, 5.74) is 3.56. The summed E-state index contributed by atoms with van der Waals surface area (Å²) >= 11 is 3.13. The van der Waals surface area contributed by atoms with Crippen LogP contribution >= 0.6 is 22.7 Å². The van der Waals surface area contributed by atoms with E-state index in [2.05, 4.69) is 19.9 Å². The molecule has 0 unspecified atom stereocenters. The largest absolute Gasteiger partial charge is 0.377 e. The summed E-state index contributed by atoms with van der Waals surface area (Å²) < 4.78 is 27.8. The van der Waals surface area contributed by atoms with Crippen LogP contribution in [0.15, 0.2) is 59.6 Å². The van der Waals surface area contributed by atoms with E-state index in [4.69, 9.17) is 23.7 Å². The van der Waals surface area contributed by atoms with Gasteiger partial charge in [-0.1, -0.05) is 12.1 Å². The van der Waals surface area contributed by atoms with Gasteiger partial charge in [0.2, 0.25) is 0 Å². The van der Waals surface area contributed by atoms with Crippen LogP contribution in [0.3, 0.4) is 0 Å². The molecule has 0 saturated carbocycles. The van der Waals surface area contributed by atoms with Crippen molar-refractivity contribution >= 4 is 22.7 Å². The predicted octanol–water partition coefficient (Wildman–Crippen LogP) is 4.51. The molecule has 0 amide bonds. The number of aromatic nitrogens is 4. The maximum absolute atomic E-state index is 5.63. The Morgan fingerprint density at radius 1 is 0.514 bits per heavy atom. The molecule has 4 heterocycles. The van der Waals surface area contributed by atoms with E-state index < -0.39 is 0 Å². The zero-order valence-electron chi connectivity index (χ0n) is 20.5. The Balaban J connectivity index is 0.915. The van der Waals surface area contributed by atoms with Crippen LogP contribution in [-0.2, 0) is 36.9 Å². The Kier molecular flexibility index (Phi) is 12.0. The molecule has 11 heteroatoms. The van der Waals surface area contributed by atoms with Crippen molar-refractivity contribution in [2.45, 2.75) is 13.2 Å². The Morgan fingerprint density at radius 3 is 1.30 bits per heavy atom. The summed E-state index contributed by atoms with van der Waals surface area (Å²) in [6.45, 7) is 5.01. The van der Waals surface area contributed by atoms with Crippen molar-refractivity contribution < 1.29 is 23.7 Å².